The van der Waals surface area contributed by atoms with Gasteiger partial charge >= 0.3 is 11.9 Å². The van der Waals surface area contributed by atoms with Crippen LogP contribution in [-0.4, -0.2) is 69.4 Å². The van der Waals surface area contributed by atoms with Crippen LogP contribution >= 0.6 is 0 Å². The normalized spacial score (nSPS) is 11.1. The third-order valence-corrected chi connectivity index (χ3v) is 5.85. The summed E-state index contributed by atoms with van der Waals surface area (Å²) in [6, 6.07) is 16.2. The van der Waals surface area contributed by atoms with Crippen molar-refractivity contribution in [2.75, 3.05) is 20.2 Å². The van der Waals surface area contributed by atoms with Gasteiger partial charge in [0.2, 0.25) is 6.41 Å². The second-order valence-electron chi connectivity index (χ2n) is 9.73. The molecular formula is C31H41N5O5. The van der Waals surface area contributed by atoms with E-state index in [0.29, 0.717) is 13.0 Å². The molecule has 1 unspecified atom stereocenters. The highest BCUT2D eigenvalue weighted by atomic mass is 16.6. The minimum Gasteiger partial charge on any atom is -0.462 e. The van der Waals surface area contributed by atoms with E-state index in [1.54, 1.807) is 11.9 Å². The molecule has 0 aliphatic heterocycles. The zero-order valence-electron chi connectivity index (χ0n) is 24.4. The number of nitrogens with zero attached hydrogens (tertiary/aromatic N) is 5. The van der Waals surface area contributed by atoms with Crippen LogP contribution in [-0.2, 0) is 43.5 Å². The molecule has 3 rings (SSSR count). The molecule has 0 aliphatic rings. The molecule has 0 spiro atoms. The summed E-state index contributed by atoms with van der Waals surface area (Å²) in [7, 11) is 1.70. The second-order valence-corrected chi connectivity index (χ2v) is 9.73. The Balaban J connectivity index is 0.000000298. The summed E-state index contributed by atoms with van der Waals surface area (Å²) in [5.41, 5.74) is 4.34. The second kappa shape index (κ2) is 19.0. The molecular weight excluding hydrogens is 522 g/mol. The molecule has 1 amide bonds. The molecule has 3 heterocycles. The number of ether oxygens (including phenoxy) is 2. The summed E-state index contributed by atoms with van der Waals surface area (Å²) in [6.45, 7) is 7.73. The van der Waals surface area contributed by atoms with Gasteiger partial charge in [-0.1, -0.05) is 18.2 Å². The molecule has 3 aromatic heterocycles. The van der Waals surface area contributed by atoms with Crippen LogP contribution in [0.1, 0.15) is 55.8 Å². The van der Waals surface area contributed by atoms with Crippen LogP contribution in [0.25, 0.3) is 0 Å². The van der Waals surface area contributed by atoms with Gasteiger partial charge in [-0.15, -0.1) is 0 Å². The van der Waals surface area contributed by atoms with Crippen LogP contribution in [0.5, 0.6) is 0 Å². The zero-order valence-corrected chi connectivity index (χ0v) is 24.4. The highest BCUT2D eigenvalue weighted by Crippen LogP contribution is 2.11. The molecule has 0 aliphatic carbocycles. The number of carbonyl (C=O) groups is 3. The minimum absolute atomic E-state index is 0.0818. The summed E-state index contributed by atoms with van der Waals surface area (Å²) in [5.74, 6) is -0.787. The smallest absolute Gasteiger partial charge is 0.303 e. The predicted octanol–water partition coefficient (Wildman–Crippen LogP) is 4.12. The van der Waals surface area contributed by atoms with Crippen molar-refractivity contribution >= 4 is 18.3 Å². The topological polar surface area (TPSA) is 115 Å². The Morgan fingerprint density at radius 2 is 1.46 bits per heavy atom. The van der Waals surface area contributed by atoms with E-state index < -0.39 is 18.0 Å². The maximum absolute atomic E-state index is 10.9. The van der Waals surface area contributed by atoms with Crippen molar-refractivity contribution in [3.8, 4) is 0 Å². The van der Waals surface area contributed by atoms with E-state index >= 15 is 0 Å². The first kappa shape index (κ1) is 33.0. The number of carbonyl (C=O) groups excluding carboxylic acids is 3. The SMILES string of the molecule is CC(=O)OCC(CCCCN(C)C=O)OC(C)=O.Cc1ccc(CN(Cc2ccccn2)Cc2ccccn2)nc1. The molecule has 3 aromatic rings. The van der Waals surface area contributed by atoms with Crippen molar-refractivity contribution in [2.45, 2.75) is 65.8 Å². The average molecular weight is 564 g/mol. The van der Waals surface area contributed by atoms with E-state index in [-0.39, 0.29) is 6.61 Å². The molecule has 0 bridgehead atoms. The maximum Gasteiger partial charge on any atom is 0.303 e. The third-order valence-electron chi connectivity index (χ3n) is 5.85. The molecule has 10 heteroatoms. The Morgan fingerprint density at radius 3 is 1.93 bits per heavy atom. The number of hydrogen-bond acceptors (Lipinski definition) is 9. The number of aromatic nitrogens is 3. The lowest BCUT2D eigenvalue weighted by molar-refractivity contribution is -0.156. The maximum atomic E-state index is 10.9. The first-order chi connectivity index (χ1) is 19.7. The van der Waals surface area contributed by atoms with Crippen molar-refractivity contribution in [3.63, 3.8) is 0 Å². The first-order valence-electron chi connectivity index (χ1n) is 13.6. The quantitative estimate of drug-likeness (QED) is 0.153. The van der Waals surface area contributed by atoms with Crippen molar-refractivity contribution in [1.29, 1.82) is 0 Å². The van der Waals surface area contributed by atoms with E-state index in [4.69, 9.17) is 9.47 Å². The van der Waals surface area contributed by atoms with E-state index in [1.807, 2.05) is 55.0 Å². The highest BCUT2D eigenvalue weighted by molar-refractivity contribution is 5.67. The summed E-state index contributed by atoms with van der Waals surface area (Å²) < 4.78 is 9.86. The zero-order chi connectivity index (χ0) is 29.9. The Labute approximate surface area is 242 Å². The number of amides is 1. The van der Waals surface area contributed by atoms with E-state index in [1.165, 1.54) is 19.4 Å². The van der Waals surface area contributed by atoms with Crippen LogP contribution in [0, 0.1) is 6.92 Å². The lowest BCUT2D eigenvalue weighted by atomic mass is 10.1. The Bertz CT molecular complexity index is 1120. The van der Waals surface area contributed by atoms with Gasteiger partial charge in [-0.25, -0.2) is 0 Å². The molecule has 41 heavy (non-hydrogen) atoms. The molecule has 1 atom stereocenters. The Kier molecular flexibility index (Phi) is 15.3. The third kappa shape index (κ3) is 15.3. The number of unbranched alkanes of at least 4 members (excludes halogenated alkanes) is 1. The fourth-order valence-corrected chi connectivity index (χ4v) is 3.84. The van der Waals surface area contributed by atoms with E-state index in [2.05, 4.69) is 38.9 Å². The average Bonchev–Trinajstić information content (AvgIpc) is 2.96. The highest BCUT2D eigenvalue weighted by Gasteiger charge is 2.14. The number of pyridine rings is 3. The van der Waals surface area contributed by atoms with Gasteiger partial charge in [-0.2, -0.15) is 0 Å². The standard InChI is InChI=1S/C19H20N4.C12H21NO5/c1-16-8-9-19(22-12-16)15-23(13-17-6-2-4-10-20-17)14-18-7-3-5-11-21-18;1-10(15)17-8-12(18-11(2)16)6-4-5-7-13(3)9-14/h2-12H,13-15H2,1H3;9,12H,4-8H2,1-3H3. The molecule has 220 valence electrons. The molecule has 0 radical (unpaired) electrons. The van der Waals surface area contributed by atoms with Crippen molar-refractivity contribution in [3.05, 3.63) is 89.8 Å². The molecule has 0 saturated heterocycles. The number of esters is 2. The van der Waals surface area contributed by atoms with Crippen molar-refractivity contribution in [2.24, 2.45) is 0 Å². The Hall–Kier alpha value is -4.18. The monoisotopic (exact) mass is 563 g/mol. The lowest BCUT2D eigenvalue weighted by Crippen LogP contribution is -2.24. The van der Waals surface area contributed by atoms with Gasteiger partial charge in [0, 0.05) is 65.7 Å². The molecule has 0 fully saturated rings. The van der Waals surface area contributed by atoms with Crippen LogP contribution in [0.15, 0.2) is 67.1 Å². The van der Waals surface area contributed by atoms with Crippen LogP contribution in [0.3, 0.4) is 0 Å². The van der Waals surface area contributed by atoms with E-state index in [0.717, 1.165) is 56.0 Å². The first-order valence-corrected chi connectivity index (χ1v) is 13.6. The summed E-state index contributed by atoms with van der Waals surface area (Å²) >= 11 is 0. The lowest BCUT2D eigenvalue weighted by Gasteiger charge is -2.21. The molecule has 0 aromatic carbocycles. The van der Waals surface area contributed by atoms with Gasteiger partial charge in [-0.3, -0.25) is 34.2 Å². The summed E-state index contributed by atoms with van der Waals surface area (Å²) in [4.78, 5) is 49.1. The number of hydrogen-bond donors (Lipinski definition) is 0. The van der Waals surface area contributed by atoms with Crippen molar-refractivity contribution in [1.82, 2.24) is 24.8 Å². The van der Waals surface area contributed by atoms with Crippen molar-refractivity contribution < 1.29 is 23.9 Å². The fraction of sp³-hybridized carbons (Fsp3) is 0.419. The number of aryl methyl sites for hydroxylation is 1. The van der Waals surface area contributed by atoms with Gasteiger partial charge in [0.1, 0.15) is 12.7 Å². The Morgan fingerprint density at radius 1 is 0.854 bits per heavy atom. The van der Waals surface area contributed by atoms with Crippen LogP contribution < -0.4 is 0 Å². The summed E-state index contributed by atoms with van der Waals surface area (Å²) in [6.07, 6.45) is 8.14. The summed E-state index contributed by atoms with van der Waals surface area (Å²) in [5, 5.41) is 0. The molecule has 10 nitrogen and oxygen atoms in total. The number of rotatable bonds is 15. The minimum atomic E-state index is -0.409. The van der Waals surface area contributed by atoms with Gasteiger partial charge in [0.05, 0.1) is 17.1 Å². The molecule has 0 saturated carbocycles. The van der Waals surface area contributed by atoms with Gasteiger partial charge in [0.15, 0.2) is 0 Å². The van der Waals surface area contributed by atoms with E-state index in [9.17, 15) is 14.4 Å². The fourth-order valence-electron chi connectivity index (χ4n) is 3.84. The van der Waals surface area contributed by atoms with Crippen LogP contribution in [0.4, 0.5) is 0 Å². The van der Waals surface area contributed by atoms with Gasteiger partial charge in [-0.05, 0) is 62.1 Å². The molecule has 0 N–H and O–H groups in total. The van der Waals surface area contributed by atoms with Gasteiger partial charge < -0.3 is 14.4 Å². The van der Waals surface area contributed by atoms with Crippen LogP contribution in [0.2, 0.25) is 0 Å². The van der Waals surface area contributed by atoms with Gasteiger partial charge in [0.25, 0.3) is 0 Å². The predicted molar refractivity (Wildman–Crippen MR) is 155 cm³/mol. The largest absolute Gasteiger partial charge is 0.462 e.